The second-order valence-corrected chi connectivity index (χ2v) is 17.4. The SMILES string of the molecule is C#CCC(c1cc(-c2c3nc(c(-c4ccccc4)c4ccc([n-]4)c(-c4ccccc4)c4nc(c(-c5ccccc5)c5ccc2[n-]5)C=C4)C=C3)ccc1[N+](=O)[O-])S(=O)(=O)c1ccccc1.[Zn+2]. The maximum absolute atomic E-state index is 14.3. The fourth-order valence-electron chi connectivity index (χ4n) is 8.49. The van der Waals surface area contributed by atoms with Gasteiger partial charge in [0.05, 0.1) is 32.6 Å². The van der Waals surface area contributed by atoms with Crippen molar-refractivity contribution < 1.29 is 32.8 Å². The summed E-state index contributed by atoms with van der Waals surface area (Å²) in [5.41, 5.74) is 11.0. The van der Waals surface area contributed by atoms with Gasteiger partial charge in [0.15, 0.2) is 9.84 Å². The Morgan fingerprint density at radius 2 is 0.908 bits per heavy atom. The zero-order valence-electron chi connectivity index (χ0n) is 34.7. The normalized spacial score (nSPS) is 12.3. The third-order valence-corrected chi connectivity index (χ3v) is 13.5. The van der Waals surface area contributed by atoms with Gasteiger partial charge in [0, 0.05) is 18.1 Å². The van der Waals surface area contributed by atoms with Gasteiger partial charge in [0.25, 0.3) is 5.69 Å². The zero-order chi connectivity index (χ0) is 43.8. The number of benzene rings is 5. The number of aromatic nitrogens is 4. The summed E-state index contributed by atoms with van der Waals surface area (Å²) >= 11 is 0. The fourth-order valence-corrected chi connectivity index (χ4v) is 10.2. The third kappa shape index (κ3) is 7.95. The monoisotopic (exact) mass is 913 g/mol. The molecule has 0 amide bonds. The van der Waals surface area contributed by atoms with Crippen LogP contribution >= 0.6 is 0 Å². The second-order valence-electron chi connectivity index (χ2n) is 15.2. The summed E-state index contributed by atoms with van der Waals surface area (Å²) in [5, 5.41) is 11.3. The van der Waals surface area contributed by atoms with E-state index in [1.807, 2.05) is 127 Å². The molecule has 10 rings (SSSR count). The van der Waals surface area contributed by atoms with Gasteiger partial charge in [-0.25, -0.2) is 18.4 Å². The Morgan fingerprint density at radius 3 is 1.28 bits per heavy atom. The average molecular weight is 915 g/mol. The van der Waals surface area contributed by atoms with Crippen molar-refractivity contribution >= 4 is 61.9 Å². The minimum Gasteiger partial charge on any atom is -0.657 e. The van der Waals surface area contributed by atoms with Gasteiger partial charge in [-0.1, -0.05) is 133 Å². The molecule has 0 N–H and O–H groups in total. The van der Waals surface area contributed by atoms with Crippen LogP contribution < -0.4 is 9.97 Å². The Balaban J connectivity index is 0.00000533. The average Bonchev–Trinajstić information content (AvgIpc) is 4.18. The molecule has 2 aliphatic rings. The maximum Gasteiger partial charge on any atom is 2.00 e. The molecule has 0 saturated carbocycles. The van der Waals surface area contributed by atoms with E-state index in [0.717, 1.165) is 44.6 Å². The molecule has 0 fully saturated rings. The molecule has 1 atom stereocenters. The molecule has 2 aliphatic heterocycles. The van der Waals surface area contributed by atoms with Gasteiger partial charge in [-0.15, -0.1) is 34.4 Å². The van der Waals surface area contributed by atoms with E-state index in [0.29, 0.717) is 44.8 Å². The number of nitro groups is 1. The first-order valence-corrected chi connectivity index (χ1v) is 22.1. The maximum atomic E-state index is 14.3. The van der Waals surface area contributed by atoms with Crippen molar-refractivity contribution in [1.82, 2.24) is 19.9 Å². The van der Waals surface area contributed by atoms with Gasteiger partial charge in [0.1, 0.15) is 5.25 Å². The number of nitro benzene ring substituents is 1. The number of sulfone groups is 1. The Morgan fingerprint density at radius 1 is 0.538 bits per heavy atom. The summed E-state index contributed by atoms with van der Waals surface area (Å²) in [4.78, 5) is 33.3. The fraction of sp³-hybridized carbons (Fsp3) is 0.0370. The van der Waals surface area contributed by atoms with Crippen LogP contribution in [0.15, 0.2) is 169 Å². The van der Waals surface area contributed by atoms with Crippen LogP contribution in [0.3, 0.4) is 0 Å². The second kappa shape index (κ2) is 17.8. The first-order valence-electron chi connectivity index (χ1n) is 20.5. The van der Waals surface area contributed by atoms with E-state index < -0.39 is 20.0 Å². The van der Waals surface area contributed by atoms with Crippen molar-refractivity contribution in [3.8, 4) is 56.9 Å². The molecule has 65 heavy (non-hydrogen) atoms. The predicted octanol–water partition coefficient (Wildman–Crippen LogP) is 12.0. The summed E-state index contributed by atoms with van der Waals surface area (Å²) in [7, 11) is -4.20. The minimum atomic E-state index is -4.20. The van der Waals surface area contributed by atoms with Crippen molar-refractivity contribution in [2.75, 3.05) is 0 Å². The van der Waals surface area contributed by atoms with Gasteiger partial charge < -0.3 is 9.97 Å². The van der Waals surface area contributed by atoms with E-state index in [4.69, 9.17) is 26.4 Å². The van der Waals surface area contributed by atoms with Crippen LogP contribution in [0.5, 0.6) is 0 Å². The minimum absolute atomic E-state index is 0. The molecule has 5 heterocycles. The van der Waals surface area contributed by atoms with Crippen LogP contribution in [-0.4, -0.2) is 23.3 Å². The van der Waals surface area contributed by atoms with Crippen molar-refractivity contribution in [3.05, 3.63) is 202 Å². The van der Waals surface area contributed by atoms with Crippen LogP contribution in [-0.2, 0) is 29.3 Å². The Bertz CT molecular complexity index is 3490. The molecule has 11 heteroatoms. The Kier molecular flexibility index (Phi) is 11.6. The molecule has 1 unspecified atom stereocenters. The number of rotatable bonds is 9. The van der Waals surface area contributed by atoms with Crippen LogP contribution in [0, 0.1) is 22.5 Å². The molecule has 0 spiro atoms. The molecule has 0 aliphatic carbocycles. The Labute approximate surface area is 388 Å². The van der Waals surface area contributed by atoms with Crippen LogP contribution in [0.2, 0.25) is 0 Å². The third-order valence-electron chi connectivity index (χ3n) is 11.4. The number of hydrogen-bond donors (Lipinski definition) is 0. The first-order chi connectivity index (χ1) is 31.3. The smallest absolute Gasteiger partial charge is 0.657 e. The molecule has 308 valence electrons. The standard InChI is InChI=1S/C54H35N5O4S.Zn/c1-2-15-50(64(62,63)39-22-13-6-14-23-39)40-34-38(24-33-49(40)59(60)61)54-47-31-29-45(57-47)52(36-18-9-4-10-19-36)43-27-25-41(55-43)51(35-16-7-3-8-17-35)42-26-28-44(56-42)53(37-20-11-5-12-21-37)46-30-32-48(54)58-46;/h1,3-14,16-34,50H,15H2;/q-2;+2. The molecule has 8 aromatic rings. The van der Waals surface area contributed by atoms with Gasteiger partial charge in [-0.2, -0.15) is 0 Å². The Hall–Kier alpha value is -7.77. The molecule has 0 radical (unpaired) electrons. The number of fused-ring (bicyclic) bond motifs is 8. The molecule has 9 nitrogen and oxygen atoms in total. The topological polar surface area (TPSA) is 131 Å². The number of hydrogen-bond acceptors (Lipinski definition) is 6. The van der Waals surface area contributed by atoms with Crippen molar-refractivity contribution in [3.63, 3.8) is 0 Å². The van der Waals surface area contributed by atoms with Crippen LogP contribution in [0.25, 0.3) is 90.9 Å². The van der Waals surface area contributed by atoms with E-state index in [1.54, 1.807) is 30.3 Å². The van der Waals surface area contributed by atoms with E-state index in [1.165, 1.54) is 18.2 Å². The quantitative estimate of drug-likeness (QED) is 0.0605. The summed E-state index contributed by atoms with van der Waals surface area (Å²) < 4.78 is 28.7. The number of terminal acetylenes is 1. The van der Waals surface area contributed by atoms with Gasteiger partial charge >= 0.3 is 19.5 Å². The van der Waals surface area contributed by atoms with E-state index >= 15 is 0 Å². The van der Waals surface area contributed by atoms with E-state index in [2.05, 4.69) is 18.1 Å². The molecule has 5 aromatic carbocycles. The van der Waals surface area contributed by atoms with E-state index in [-0.39, 0.29) is 42.0 Å². The predicted molar refractivity (Wildman–Crippen MR) is 255 cm³/mol. The van der Waals surface area contributed by atoms with Crippen molar-refractivity contribution in [2.24, 2.45) is 0 Å². The van der Waals surface area contributed by atoms with E-state index in [9.17, 15) is 18.5 Å². The van der Waals surface area contributed by atoms with Crippen LogP contribution in [0.4, 0.5) is 5.69 Å². The van der Waals surface area contributed by atoms with Gasteiger partial charge in [0.2, 0.25) is 0 Å². The van der Waals surface area contributed by atoms with Gasteiger partial charge in [-0.3, -0.25) is 10.1 Å². The summed E-state index contributed by atoms with van der Waals surface area (Å²) in [6.45, 7) is 0. The zero-order valence-corrected chi connectivity index (χ0v) is 38.5. The molecular weight excluding hydrogens is 880 g/mol. The number of nitrogens with zero attached hydrogens (tertiary/aromatic N) is 5. The molecular formula is C54H35N5O4SZn. The molecule has 0 saturated heterocycles. The van der Waals surface area contributed by atoms with Crippen LogP contribution in [0.1, 0.15) is 40.0 Å². The summed E-state index contributed by atoms with van der Waals surface area (Å²) in [5.74, 6) is 2.48. The largest absolute Gasteiger partial charge is 2.00 e. The molecule has 8 bridgehead atoms. The summed E-state index contributed by atoms with van der Waals surface area (Å²) in [6, 6.07) is 50.1. The first kappa shape index (κ1) is 42.5. The van der Waals surface area contributed by atoms with Crippen molar-refractivity contribution in [1.29, 1.82) is 0 Å². The molecule has 3 aromatic heterocycles. The van der Waals surface area contributed by atoms with Crippen molar-refractivity contribution in [2.45, 2.75) is 16.6 Å². The van der Waals surface area contributed by atoms with Gasteiger partial charge in [-0.05, 0) is 93.1 Å². The summed E-state index contributed by atoms with van der Waals surface area (Å²) in [6.07, 6.45) is 13.3.